The topological polar surface area (TPSA) is 47.3 Å². The smallest absolute Gasteiger partial charge is 0.201 e. The quantitative estimate of drug-likeness (QED) is 0.782. The first-order chi connectivity index (χ1) is 6.54. The van der Waals surface area contributed by atoms with Gasteiger partial charge < -0.3 is 15.8 Å². The summed E-state index contributed by atoms with van der Waals surface area (Å²) in [5.74, 6) is 0. The lowest BCUT2D eigenvalue weighted by Gasteiger charge is -2.00. The van der Waals surface area contributed by atoms with Crippen LogP contribution >= 0.6 is 35.8 Å². The molecule has 6 heteroatoms. The van der Waals surface area contributed by atoms with Crippen LogP contribution in [0.1, 0.15) is 9.75 Å². The van der Waals surface area contributed by atoms with Crippen molar-refractivity contribution in [3.05, 3.63) is 15.8 Å². The molecule has 0 saturated heterocycles. The highest BCUT2D eigenvalue weighted by atomic mass is 32.1. The number of hydrogen-bond acceptors (Lipinski definition) is 4. The number of thiophene rings is 1. The van der Waals surface area contributed by atoms with E-state index in [0.29, 0.717) is 5.05 Å². The predicted octanol–water partition coefficient (Wildman–Crippen LogP) is 2.03. The molecule has 0 radical (unpaired) electrons. The molecule has 0 unspecified atom stereocenters. The van der Waals surface area contributed by atoms with E-state index in [-0.39, 0.29) is 5.11 Å². The van der Waals surface area contributed by atoms with Crippen LogP contribution in [-0.2, 0) is 4.74 Å². The van der Waals surface area contributed by atoms with Gasteiger partial charge in [-0.25, -0.2) is 0 Å². The minimum absolute atomic E-state index is 0.251. The van der Waals surface area contributed by atoms with Crippen LogP contribution in [0.15, 0.2) is 6.07 Å². The van der Waals surface area contributed by atoms with Gasteiger partial charge in [-0.2, -0.15) is 0 Å². The summed E-state index contributed by atoms with van der Waals surface area (Å²) in [5.41, 5.74) is 6.26. The van der Waals surface area contributed by atoms with Crippen LogP contribution in [0.3, 0.4) is 0 Å². The van der Waals surface area contributed by atoms with Crippen molar-refractivity contribution in [1.29, 1.82) is 0 Å². The van der Waals surface area contributed by atoms with E-state index in [9.17, 15) is 0 Å². The van der Waals surface area contributed by atoms with Gasteiger partial charge in [0.25, 0.3) is 0 Å². The van der Waals surface area contributed by atoms with Crippen molar-refractivity contribution < 1.29 is 4.74 Å². The standard InChI is InChI=1S/C8H10N2OS3/c1-4-5(10-8(9)13)3-6(14-4)7(12)11-2/h3H,1-2H3,(H3,9,10,13). The van der Waals surface area contributed by atoms with Crippen molar-refractivity contribution in [3.8, 4) is 0 Å². The molecular formula is C8H10N2OS3. The highest BCUT2D eigenvalue weighted by Gasteiger charge is 2.09. The molecule has 0 spiro atoms. The van der Waals surface area contributed by atoms with Crippen molar-refractivity contribution in [1.82, 2.24) is 0 Å². The van der Waals surface area contributed by atoms with Gasteiger partial charge in [-0.15, -0.1) is 11.3 Å². The Morgan fingerprint density at radius 2 is 2.21 bits per heavy atom. The zero-order valence-electron chi connectivity index (χ0n) is 7.79. The summed E-state index contributed by atoms with van der Waals surface area (Å²) in [4.78, 5) is 1.98. The molecule has 0 bridgehead atoms. The fourth-order valence-corrected chi connectivity index (χ4v) is 2.13. The minimum Gasteiger partial charge on any atom is -0.486 e. The number of nitrogens with two attached hydrogens (primary N) is 1. The summed E-state index contributed by atoms with van der Waals surface area (Å²) in [6.07, 6.45) is 0. The minimum atomic E-state index is 0.251. The van der Waals surface area contributed by atoms with Gasteiger partial charge in [0.05, 0.1) is 17.7 Å². The second-order valence-corrected chi connectivity index (χ2v) is 4.63. The first kappa shape index (κ1) is 11.4. The van der Waals surface area contributed by atoms with Crippen LogP contribution in [0.2, 0.25) is 0 Å². The van der Waals surface area contributed by atoms with E-state index in [0.717, 1.165) is 15.4 Å². The monoisotopic (exact) mass is 246 g/mol. The summed E-state index contributed by atoms with van der Waals surface area (Å²) in [6, 6.07) is 1.88. The molecule has 0 aromatic carbocycles. The van der Waals surface area contributed by atoms with Crippen LogP contribution in [0.4, 0.5) is 5.69 Å². The van der Waals surface area contributed by atoms with E-state index in [2.05, 4.69) is 5.32 Å². The Balaban J connectivity index is 2.93. The van der Waals surface area contributed by atoms with E-state index in [1.165, 1.54) is 0 Å². The maximum atomic E-state index is 5.37. The molecule has 0 saturated carbocycles. The summed E-state index contributed by atoms with van der Waals surface area (Å²) in [6.45, 7) is 1.97. The Hall–Kier alpha value is -0.720. The van der Waals surface area contributed by atoms with E-state index in [4.69, 9.17) is 34.9 Å². The lowest BCUT2D eigenvalue weighted by molar-refractivity contribution is 0.417. The molecule has 1 rings (SSSR count). The van der Waals surface area contributed by atoms with Gasteiger partial charge in [-0.3, -0.25) is 0 Å². The molecule has 1 heterocycles. The molecule has 3 nitrogen and oxygen atoms in total. The molecule has 0 atom stereocenters. The normalized spacial score (nSPS) is 9.57. The molecule has 3 N–H and O–H groups in total. The van der Waals surface area contributed by atoms with Gasteiger partial charge in [0, 0.05) is 4.88 Å². The number of hydrogen-bond donors (Lipinski definition) is 2. The maximum Gasteiger partial charge on any atom is 0.201 e. The SMILES string of the molecule is COC(=S)c1cc(NC(N)=S)c(C)s1. The van der Waals surface area contributed by atoms with Crippen molar-refractivity contribution in [3.63, 3.8) is 0 Å². The highest BCUT2D eigenvalue weighted by Crippen LogP contribution is 2.26. The largest absolute Gasteiger partial charge is 0.486 e. The van der Waals surface area contributed by atoms with E-state index in [1.54, 1.807) is 18.4 Å². The van der Waals surface area contributed by atoms with E-state index >= 15 is 0 Å². The zero-order valence-corrected chi connectivity index (χ0v) is 10.2. The van der Waals surface area contributed by atoms with Gasteiger partial charge in [0.15, 0.2) is 5.11 Å². The maximum absolute atomic E-state index is 5.37. The highest BCUT2D eigenvalue weighted by molar-refractivity contribution is 7.81. The Kier molecular flexibility index (Phi) is 3.79. The third-order valence-electron chi connectivity index (χ3n) is 1.56. The molecular weight excluding hydrogens is 236 g/mol. The molecule has 0 fully saturated rings. The summed E-state index contributed by atoms with van der Waals surface area (Å²) < 4.78 is 4.96. The molecule has 0 aliphatic heterocycles. The van der Waals surface area contributed by atoms with E-state index < -0.39 is 0 Å². The lowest BCUT2D eigenvalue weighted by atomic mass is 10.4. The number of aryl methyl sites for hydroxylation is 1. The molecule has 0 amide bonds. The van der Waals surface area contributed by atoms with Crippen molar-refractivity contribution >= 4 is 51.6 Å². The van der Waals surface area contributed by atoms with Crippen molar-refractivity contribution in [2.45, 2.75) is 6.92 Å². The lowest BCUT2D eigenvalue weighted by Crippen LogP contribution is -2.18. The Bertz CT molecular complexity index is 373. The van der Waals surface area contributed by atoms with Crippen molar-refractivity contribution in [2.75, 3.05) is 12.4 Å². The third-order valence-corrected chi connectivity index (χ3v) is 3.23. The average Bonchev–Trinajstić information content (AvgIpc) is 2.46. The van der Waals surface area contributed by atoms with Crippen LogP contribution in [0, 0.1) is 6.92 Å². The number of rotatable bonds is 2. The summed E-state index contributed by atoms with van der Waals surface area (Å²) in [5, 5.41) is 3.61. The Labute approximate surface area is 97.3 Å². The molecule has 1 aromatic heterocycles. The van der Waals surface area contributed by atoms with Gasteiger partial charge in [-0.05, 0) is 37.4 Å². The summed E-state index contributed by atoms with van der Waals surface area (Å²) >= 11 is 11.3. The van der Waals surface area contributed by atoms with Crippen LogP contribution < -0.4 is 11.1 Å². The second-order valence-electron chi connectivity index (χ2n) is 2.56. The first-order valence-corrected chi connectivity index (χ1v) is 5.43. The average molecular weight is 246 g/mol. The van der Waals surface area contributed by atoms with Gasteiger partial charge in [0.1, 0.15) is 0 Å². The fraction of sp³-hybridized carbons (Fsp3) is 0.250. The number of ether oxygens (including phenoxy) is 1. The molecule has 1 aromatic rings. The fourth-order valence-electron chi connectivity index (χ4n) is 0.940. The number of thiocarbonyl (C=S) groups is 2. The first-order valence-electron chi connectivity index (χ1n) is 3.79. The van der Waals surface area contributed by atoms with Gasteiger partial charge >= 0.3 is 0 Å². The number of methoxy groups -OCH3 is 1. The number of nitrogens with one attached hydrogen (secondary N) is 1. The van der Waals surface area contributed by atoms with Crippen LogP contribution in [-0.4, -0.2) is 17.3 Å². The Morgan fingerprint density at radius 1 is 1.57 bits per heavy atom. The van der Waals surface area contributed by atoms with Gasteiger partial charge in [-0.1, -0.05) is 0 Å². The molecule has 0 aliphatic rings. The summed E-state index contributed by atoms with van der Waals surface area (Å²) in [7, 11) is 1.55. The predicted molar refractivity (Wildman–Crippen MR) is 68.2 cm³/mol. The van der Waals surface area contributed by atoms with Crippen molar-refractivity contribution in [2.24, 2.45) is 5.73 Å². The second kappa shape index (κ2) is 4.68. The number of anilines is 1. The zero-order chi connectivity index (χ0) is 10.7. The Morgan fingerprint density at radius 3 is 2.71 bits per heavy atom. The van der Waals surface area contributed by atoms with Crippen LogP contribution in [0.25, 0.3) is 0 Å². The van der Waals surface area contributed by atoms with E-state index in [1.807, 2.05) is 13.0 Å². The molecule has 76 valence electrons. The molecule has 0 aliphatic carbocycles. The third kappa shape index (κ3) is 2.63. The van der Waals surface area contributed by atoms with Crippen LogP contribution in [0.5, 0.6) is 0 Å². The van der Waals surface area contributed by atoms with Gasteiger partial charge in [0.2, 0.25) is 5.05 Å². The molecule has 14 heavy (non-hydrogen) atoms.